The maximum absolute atomic E-state index is 12.4. The zero-order valence-electron chi connectivity index (χ0n) is 13.1. The van der Waals surface area contributed by atoms with Crippen LogP contribution in [-0.4, -0.2) is 31.4 Å². The summed E-state index contributed by atoms with van der Waals surface area (Å²) in [5, 5.41) is 5.23. The van der Waals surface area contributed by atoms with Crippen molar-refractivity contribution in [3.05, 3.63) is 51.7 Å². The highest BCUT2D eigenvalue weighted by Crippen LogP contribution is 2.41. The van der Waals surface area contributed by atoms with E-state index in [2.05, 4.69) is 29.7 Å². The highest BCUT2D eigenvalue weighted by molar-refractivity contribution is 7.10. The molecule has 0 spiro atoms. The number of amides is 1. The van der Waals surface area contributed by atoms with Crippen LogP contribution in [0.3, 0.4) is 0 Å². The molecule has 4 heteroatoms. The fourth-order valence-electron chi connectivity index (χ4n) is 3.21. The van der Waals surface area contributed by atoms with Gasteiger partial charge in [0, 0.05) is 22.4 Å². The lowest BCUT2D eigenvalue weighted by molar-refractivity contribution is 0.102. The number of rotatable bonds is 4. The molecular weight excluding hydrogens is 292 g/mol. The highest BCUT2D eigenvalue weighted by atomic mass is 32.1. The molecule has 1 aliphatic rings. The first-order valence-corrected chi connectivity index (χ1v) is 8.64. The van der Waals surface area contributed by atoms with Gasteiger partial charge in [0.05, 0.1) is 5.69 Å². The molecule has 1 aromatic carbocycles. The third-order valence-corrected chi connectivity index (χ3v) is 5.21. The second-order valence-corrected chi connectivity index (χ2v) is 7.12. The van der Waals surface area contributed by atoms with Crippen molar-refractivity contribution in [2.45, 2.75) is 25.2 Å². The zero-order chi connectivity index (χ0) is 15.5. The number of hydrogen-bond donors (Lipinski definition) is 1. The molecule has 0 saturated heterocycles. The van der Waals surface area contributed by atoms with Crippen LogP contribution in [0.1, 0.15) is 39.6 Å². The van der Waals surface area contributed by atoms with Crippen LogP contribution in [0.5, 0.6) is 0 Å². The van der Waals surface area contributed by atoms with Gasteiger partial charge >= 0.3 is 0 Å². The second kappa shape index (κ2) is 6.63. The summed E-state index contributed by atoms with van der Waals surface area (Å²) in [6, 6.07) is 9.42. The van der Waals surface area contributed by atoms with E-state index in [1.165, 1.54) is 23.3 Å². The molecular formula is C18H22N2OS. The molecule has 1 amide bonds. The molecule has 1 aromatic heterocycles. The number of carbonyl (C=O) groups is 1. The van der Waals surface area contributed by atoms with Crippen molar-refractivity contribution < 1.29 is 4.79 Å². The first kappa shape index (κ1) is 15.3. The first-order valence-electron chi connectivity index (χ1n) is 7.76. The maximum atomic E-state index is 12.4. The number of anilines is 1. The first-order chi connectivity index (χ1) is 10.6. The van der Waals surface area contributed by atoms with Gasteiger partial charge in [-0.15, -0.1) is 11.3 Å². The van der Waals surface area contributed by atoms with Crippen molar-refractivity contribution in [3.63, 3.8) is 0 Å². The Morgan fingerprint density at radius 3 is 2.82 bits per heavy atom. The molecule has 3 rings (SSSR count). The fourth-order valence-corrected chi connectivity index (χ4v) is 4.32. The number of thiophene rings is 1. The molecule has 116 valence electrons. The summed E-state index contributed by atoms with van der Waals surface area (Å²) in [5.41, 5.74) is 3.09. The molecule has 1 aliphatic carbocycles. The number of benzene rings is 1. The molecule has 22 heavy (non-hydrogen) atoms. The monoisotopic (exact) mass is 314 g/mol. The molecule has 1 N–H and O–H groups in total. The molecule has 1 unspecified atom stereocenters. The summed E-state index contributed by atoms with van der Waals surface area (Å²) in [6.07, 6.45) is 3.60. The van der Waals surface area contributed by atoms with E-state index in [0.717, 1.165) is 18.7 Å². The van der Waals surface area contributed by atoms with Gasteiger partial charge in [0.15, 0.2) is 0 Å². The highest BCUT2D eigenvalue weighted by Gasteiger charge is 2.26. The van der Waals surface area contributed by atoms with E-state index in [1.54, 1.807) is 11.3 Å². The molecule has 2 aromatic rings. The summed E-state index contributed by atoms with van der Waals surface area (Å²) in [5.74, 6) is 0.506. The normalized spacial score (nSPS) is 17.3. The maximum Gasteiger partial charge on any atom is 0.255 e. The fraction of sp³-hybridized carbons (Fsp3) is 0.389. The van der Waals surface area contributed by atoms with Gasteiger partial charge in [-0.2, -0.15) is 0 Å². The van der Waals surface area contributed by atoms with Crippen LogP contribution in [0, 0.1) is 0 Å². The summed E-state index contributed by atoms with van der Waals surface area (Å²) in [4.78, 5) is 16.1. The van der Waals surface area contributed by atoms with E-state index in [0.29, 0.717) is 11.5 Å². The lowest BCUT2D eigenvalue weighted by Crippen LogP contribution is -2.24. The summed E-state index contributed by atoms with van der Waals surface area (Å²) >= 11 is 1.79. The molecule has 0 bridgehead atoms. The molecule has 0 fully saturated rings. The van der Waals surface area contributed by atoms with E-state index in [4.69, 9.17) is 0 Å². The van der Waals surface area contributed by atoms with Crippen molar-refractivity contribution >= 4 is 22.9 Å². The van der Waals surface area contributed by atoms with Gasteiger partial charge in [-0.3, -0.25) is 4.79 Å². The topological polar surface area (TPSA) is 32.3 Å². The Bertz CT molecular complexity index is 648. The number of likely N-dealkylation sites (N-methyl/N-ethyl adjacent to an activating group) is 1. The van der Waals surface area contributed by atoms with Gasteiger partial charge in [0.2, 0.25) is 0 Å². The Kier molecular flexibility index (Phi) is 4.60. The largest absolute Gasteiger partial charge is 0.321 e. The van der Waals surface area contributed by atoms with E-state index in [-0.39, 0.29) is 5.91 Å². The minimum Gasteiger partial charge on any atom is -0.321 e. The SMILES string of the molecule is CN(C)CC1CCCc2scc(NC(=O)c3ccccc3)c21. The minimum atomic E-state index is -0.0182. The zero-order valence-corrected chi connectivity index (χ0v) is 14.0. The third kappa shape index (κ3) is 3.23. The number of carbonyl (C=O) groups excluding carboxylic acids is 1. The Labute approximate surface area is 136 Å². The molecule has 1 atom stereocenters. The van der Waals surface area contributed by atoms with Gasteiger partial charge < -0.3 is 10.2 Å². The standard InChI is InChI=1S/C18H22N2OS/c1-20(2)11-14-9-6-10-16-17(14)15(12-22-16)19-18(21)13-7-4-3-5-8-13/h3-5,7-8,12,14H,6,9-11H2,1-2H3,(H,19,21). The average molecular weight is 314 g/mol. The Morgan fingerprint density at radius 2 is 2.09 bits per heavy atom. The quantitative estimate of drug-likeness (QED) is 0.925. The molecule has 0 aliphatic heterocycles. The summed E-state index contributed by atoms with van der Waals surface area (Å²) < 4.78 is 0. The van der Waals surface area contributed by atoms with Crippen LogP contribution >= 0.6 is 11.3 Å². The number of nitrogens with zero attached hydrogens (tertiary/aromatic N) is 1. The van der Waals surface area contributed by atoms with Gasteiger partial charge in [-0.1, -0.05) is 18.2 Å². The number of hydrogen-bond acceptors (Lipinski definition) is 3. The Hall–Kier alpha value is -1.65. The molecule has 3 nitrogen and oxygen atoms in total. The van der Waals surface area contributed by atoms with Crippen LogP contribution in [0.15, 0.2) is 35.7 Å². The number of fused-ring (bicyclic) bond motifs is 1. The van der Waals surface area contributed by atoms with E-state index >= 15 is 0 Å². The van der Waals surface area contributed by atoms with Gasteiger partial charge in [0.25, 0.3) is 5.91 Å². The average Bonchev–Trinajstić information content (AvgIpc) is 2.92. The minimum absolute atomic E-state index is 0.0182. The van der Waals surface area contributed by atoms with Crippen molar-refractivity contribution in [2.24, 2.45) is 0 Å². The van der Waals surface area contributed by atoms with Crippen molar-refractivity contribution in [3.8, 4) is 0 Å². The van der Waals surface area contributed by atoms with Gasteiger partial charge in [-0.25, -0.2) is 0 Å². The van der Waals surface area contributed by atoms with Crippen molar-refractivity contribution in [1.82, 2.24) is 4.90 Å². The van der Waals surface area contributed by atoms with Crippen LogP contribution in [-0.2, 0) is 6.42 Å². The third-order valence-electron chi connectivity index (χ3n) is 4.14. The Morgan fingerprint density at radius 1 is 1.32 bits per heavy atom. The van der Waals surface area contributed by atoms with Crippen LogP contribution in [0.25, 0.3) is 0 Å². The van der Waals surface area contributed by atoms with E-state index in [1.807, 2.05) is 30.3 Å². The van der Waals surface area contributed by atoms with Crippen LogP contribution in [0.2, 0.25) is 0 Å². The lowest BCUT2D eigenvalue weighted by atomic mass is 9.86. The smallest absolute Gasteiger partial charge is 0.255 e. The van der Waals surface area contributed by atoms with Crippen LogP contribution in [0.4, 0.5) is 5.69 Å². The number of aryl methyl sites for hydroxylation is 1. The molecule has 0 saturated carbocycles. The second-order valence-electron chi connectivity index (χ2n) is 6.16. The van der Waals surface area contributed by atoms with Crippen molar-refractivity contribution in [1.29, 1.82) is 0 Å². The van der Waals surface area contributed by atoms with Crippen LogP contribution < -0.4 is 5.32 Å². The summed E-state index contributed by atoms with van der Waals surface area (Å²) in [7, 11) is 4.23. The van der Waals surface area contributed by atoms with E-state index < -0.39 is 0 Å². The Balaban J connectivity index is 1.83. The predicted molar refractivity (Wildman–Crippen MR) is 92.9 cm³/mol. The summed E-state index contributed by atoms with van der Waals surface area (Å²) in [6.45, 7) is 1.04. The number of nitrogens with one attached hydrogen (secondary N) is 1. The molecule has 1 heterocycles. The van der Waals surface area contributed by atoms with E-state index in [9.17, 15) is 4.79 Å². The molecule has 0 radical (unpaired) electrons. The lowest BCUT2D eigenvalue weighted by Gasteiger charge is -2.27. The van der Waals surface area contributed by atoms with Gasteiger partial charge in [0.1, 0.15) is 0 Å². The van der Waals surface area contributed by atoms with Gasteiger partial charge in [-0.05, 0) is 57.0 Å². The predicted octanol–water partition coefficient (Wildman–Crippen LogP) is 3.98. The van der Waals surface area contributed by atoms with Crippen molar-refractivity contribution in [2.75, 3.05) is 26.0 Å².